The molecule has 0 aliphatic rings. The van der Waals surface area contributed by atoms with Gasteiger partial charge in [-0.1, -0.05) is 70.2 Å². The molecule has 0 amide bonds. The Labute approximate surface area is 112 Å². The molecule has 0 spiro atoms. The second kappa shape index (κ2) is 8.91. The molecule has 0 fully saturated rings. The molecule has 0 radical (unpaired) electrons. The fraction of sp³-hybridized carbons (Fsp3) is 0.588. The van der Waals surface area contributed by atoms with Gasteiger partial charge in [-0.3, -0.25) is 4.79 Å². The van der Waals surface area contributed by atoms with Crippen molar-refractivity contribution in [1.82, 2.24) is 0 Å². The van der Waals surface area contributed by atoms with Gasteiger partial charge in [0, 0.05) is 12.0 Å². The van der Waals surface area contributed by atoms with E-state index in [-0.39, 0.29) is 5.78 Å². The first-order valence-electron chi connectivity index (χ1n) is 7.40. The average Bonchev–Trinajstić information content (AvgIpc) is 2.42. The van der Waals surface area contributed by atoms with Crippen LogP contribution in [0.15, 0.2) is 24.3 Å². The van der Waals surface area contributed by atoms with E-state index >= 15 is 0 Å². The fourth-order valence-corrected chi connectivity index (χ4v) is 2.17. The molecule has 1 aromatic rings. The minimum Gasteiger partial charge on any atom is -0.294 e. The lowest BCUT2D eigenvalue weighted by atomic mass is 10.0. The van der Waals surface area contributed by atoms with Crippen LogP contribution in [0.25, 0.3) is 0 Å². The number of aryl methyl sites for hydroxylation is 1. The molecule has 100 valence electrons. The van der Waals surface area contributed by atoms with E-state index in [1.54, 1.807) is 0 Å². The van der Waals surface area contributed by atoms with Gasteiger partial charge in [-0.2, -0.15) is 0 Å². The first-order chi connectivity index (χ1) is 8.77. The van der Waals surface area contributed by atoms with Crippen LogP contribution < -0.4 is 0 Å². The molecule has 0 saturated heterocycles. The van der Waals surface area contributed by atoms with Crippen molar-refractivity contribution in [2.45, 2.75) is 65.2 Å². The number of rotatable bonds is 9. The predicted octanol–water partition coefficient (Wildman–Crippen LogP) is 5.18. The van der Waals surface area contributed by atoms with E-state index in [9.17, 15) is 4.79 Å². The Morgan fingerprint density at radius 3 is 2.11 bits per heavy atom. The van der Waals surface area contributed by atoms with Crippen LogP contribution in [0.2, 0.25) is 0 Å². The van der Waals surface area contributed by atoms with Crippen LogP contribution in [0.5, 0.6) is 0 Å². The smallest absolute Gasteiger partial charge is 0.162 e. The molecule has 0 atom stereocenters. The Morgan fingerprint density at radius 1 is 0.889 bits per heavy atom. The van der Waals surface area contributed by atoms with Gasteiger partial charge < -0.3 is 0 Å². The lowest BCUT2D eigenvalue weighted by Crippen LogP contribution is -1.96. The molecule has 1 rings (SSSR count). The molecule has 0 bridgehead atoms. The summed E-state index contributed by atoms with van der Waals surface area (Å²) in [6.45, 7) is 4.16. The van der Waals surface area contributed by atoms with Crippen LogP contribution in [0, 0.1) is 0 Å². The highest BCUT2D eigenvalue weighted by Crippen LogP contribution is 2.12. The summed E-state index contributed by atoms with van der Waals surface area (Å²) in [5.41, 5.74) is 2.21. The number of unbranched alkanes of at least 4 members (excludes halogenated alkanes) is 5. The summed E-state index contributed by atoms with van der Waals surface area (Å²) >= 11 is 0. The summed E-state index contributed by atoms with van der Waals surface area (Å²) < 4.78 is 0. The SMILES string of the molecule is CCCCCCCCc1ccc(C(=O)CC)cc1. The minimum absolute atomic E-state index is 0.237. The Hall–Kier alpha value is -1.11. The summed E-state index contributed by atoms with van der Waals surface area (Å²) in [7, 11) is 0. The van der Waals surface area contributed by atoms with Gasteiger partial charge in [0.25, 0.3) is 0 Å². The first kappa shape index (κ1) is 14.9. The average molecular weight is 246 g/mol. The molecule has 0 aromatic heterocycles. The van der Waals surface area contributed by atoms with E-state index in [0.717, 1.165) is 12.0 Å². The van der Waals surface area contributed by atoms with Gasteiger partial charge in [-0.15, -0.1) is 0 Å². The molecule has 1 aromatic carbocycles. The number of carbonyl (C=O) groups is 1. The summed E-state index contributed by atoms with van der Waals surface area (Å²) in [5, 5.41) is 0. The Bertz CT molecular complexity index is 337. The molecule has 0 aliphatic heterocycles. The summed E-state index contributed by atoms with van der Waals surface area (Å²) in [5.74, 6) is 0.237. The largest absolute Gasteiger partial charge is 0.294 e. The molecule has 0 aliphatic carbocycles. The summed E-state index contributed by atoms with van der Waals surface area (Å²) in [6, 6.07) is 8.15. The zero-order valence-electron chi connectivity index (χ0n) is 11.9. The third-order valence-corrected chi connectivity index (χ3v) is 3.42. The lowest BCUT2D eigenvalue weighted by molar-refractivity contribution is 0.0988. The number of Topliss-reactive ketones (excluding diaryl/α,β-unsaturated/α-hetero) is 1. The van der Waals surface area contributed by atoms with Crippen LogP contribution in [0.3, 0.4) is 0 Å². The van der Waals surface area contributed by atoms with E-state index in [4.69, 9.17) is 0 Å². The van der Waals surface area contributed by atoms with Crippen molar-refractivity contribution in [2.75, 3.05) is 0 Å². The van der Waals surface area contributed by atoms with Crippen molar-refractivity contribution in [3.63, 3.8) is 0 Å². The second-order valence-electron chi connectivity index (χ2n) is 4.99. The lowest BCUT2D eigenvalue weighted by Gasteiger charge is -2.03. The normalized spacial score (nSPS) is 10.6. The van der Waals surface area contributed by atoms with Crippen LogP contribution in [0.1, 0.15) is 74.7 Å². The van der Waals surface area contributed by atoms with Crippen LogP contribution in [-0.2, 0) is 6.42 Å². The van der Waals surface area contributed by atoms with Crippen molar-refractivity contribution in [1.29, 1.82) is 0 Å². The number of carbonyl (C=O) groups excluding carboxylic acids is 1. The van der Waals surface area contributed by atoms with E-state index in [0.29, 0.717) is 6.42 Å². The molecule has 1 nitrogen and oxygen atoms in total. The van der Waals surface area contributed by atoms with Gasteiger partial charge >= 0.3 is 0 Å². The highest BCUT2D eigenvalue weighted by atomic mass is 16.1. The minimum atomic E-state index is 0.237. The van der Waals surface area contributed by atoms with E-state index in [1.807, 2.05) is 19.1 Å². The molecular formula is C17H26O. The maximum Gasteiger partial charge on any atom is 0.162 e. The zero-order chi connectivity index (χ0) is 13.2. The Morgan fingerprint density at radius 2 is 1.50 bits per heavy atom. The van der Waals surface area contributed by atoms with Crippen molar-refractivity contribution in [3.8, 4) is 0 Å². The summed E-state index contributed by atoms with van der Waals surface area (Å²) in [6.07, 6.45) is 9.76. The van der Waals surface area contributed by atoms with Crippen molar-refractivity contribution >= 4 is 5.78 Å². The third kappa shape index (κ3) is 5.48. The monoisotopic (exact) mass is 246 g/mol. The zero-order valence-corrected chi connectivity index (χ0v) is 11.9. The van der Waals surface area contributed by atoms with Gasteiger partial charge in [-0.25, -0.2) is 0 Å². The topological polar surface area (TPSA) is 17.1 Å². The van der Waals surface area contributed by atoms with Gasteiger partial charge in [0.15, 0.2) is 5.78 Å². The van der Waals surface area contributed by atoms with Crippen LogP contribution in [-0.4, -0.2) is 5.78 Å². The number of benzene rings is 1. The third-order valence-electron chi connectivity index (χ3n) is 3.42. The van der Waals surface area contributed by atoms with E-state index in [2.05, 4.69) is 19.1 Å². The van der Waals surface area contributed by atoms with Gasteiger partial charge in [0.2, 0.25) is 0 Å². The molecule has 0 heterocycles. The summed E-state index contributed by atoms with van der Waals surface area (Å²) in [4.78, 5) is 11.5. The number of hydrogen-bond acceptors (Lipinski definition) is 1. The number of hydrogen-bond donors (Lipinski definition) is 0. The molecule has 0 unspecified atom stereocenters. The van der Waals surface area contributed by atoms with Gasteiger partial charge in [0.05, 0.1) is 0 Å². The number of ketones is 1. The molecule has 18 heavy (non-hydrogen) atoms. The van der Waals surface area contributed by atoms with Gasteiger partial charge in [0.1, 0.15) is 0 Å². The van der Waals surface area contributed by atoms with Crippen molar-refractivity contribution in [3.05, 3.63) is 35.4 Å². The predicted molar refractivity (Wildman–Crippen MR) is 78.1 cm³/mol. The Kier molecular flexibility index (Phi) is 7.40. The highest BCUT2D eigenvalue weighted by Gasteiger charge is 2.02. The molecule has 0 N–H and O–H groups in total. The maximum atomic E-state index is 11.5. The first-order valence-corrected chi connectivity index (χ1v) is 7.40. The van der Waals surface area contributed by atoms with Gasteiger partial charge in [-0.05, 0) is 18.4 Å². The second-order valence-corrected chi connectivity index (χ2v) is 4.99. The van der Waals surface area contributed by atoms with Crippen molar-refractivity contribution in [2.24, 2.45) is 0 Å². The fourth-order valence-electron chi connectivity index (χ4n) is 2.17. The highest BCUT2D eigenvalue weighted by molar-refractivity contribution is 5.95. The molecular weight excluding hydrogens is 220 g/mol. The Balaban J connectivity index is 2.25. The molecule has 1 heteroatoms. The van der Waals surface area contributed by atoms with Crippen molar-refractivity contribution < 1.29 is 4.79 Å². The molecule has 0 saturated carbocycles. The standard InChI is InChI=1S/C17H26O/c1-3-5-6-7-8-9-10-15-11-13-16(14-12-15)17(18)4-2/h11-14H,3-10H2,1-2H3. The van der Waals surface area contributed by atoms with E-state index < -0.39 is 0 Å². The maximum absolute atomic E-state index is 11.5. The quantitative estimate of drug-likeness (QED) is 0.433. The van der Waals surface area contributed by atoms with Crippen LogP contribution >= 0.6 is 0 Å². The van der Waals surface area contributed by atoms with Crippen LogP contribution in [0.4, 0.5) is 0 Å². The van der Waals surface area contributed by atoms with E-state index in [1.165, 1.54) is 44.1 Å².